The Bertz CT molecular complexity index is 3610. The average Bonchev–Trinajstić information content (AvgIpc) is 3.72. The molecule has 2 heterocycles. The third-order valence-corrected chi connectivity index (χ3v) is 9.44. The van der Waals surface area contributed by atoms with E-state index >= 15 is 0 Å². The fraction of sp³-hybridized carbons (Fsp3) is 0. The third kappa shape index (κ3) is 6.06. The highest BCUT2D eigenvalue weighted by Gasteiger charge is 2.18. The molecule has 55 heavy (non-hydrogen) atoms. The number of para-hydroxylation sites is 2. The van der Waals surface area contributed by atoms with E-state index in [0.29, 0.717) is 28.3 Å². The molecule has 10 aromatic rings. The van der Waals surface area contributed by atoms with Gasteiger partial charge in [0.05, 0.1) is 27.5 Å². The quantitative estimate of drug-likeness (QED) is 0.165. The molecule has 0 aliphatic rings. The standard InChI is InChI=1S/C51H34N4/c1-4-14-35(15-5-1)36-24-26-37(27-25-36)38-28-30-40(31-29-38)50-52-49(39-16-6-2-7-17-39)53-51(54-50)46-22-11-10-20-43(46)41-32-33-45-44-21-12-13-23-47(44)55(48(45)34-41)42-18-8-3-9-19-42/h1-34H/i3D,8D,9D,12D,13D,18D,19D,21D,23D,32D,33D,34D. The van der Waals surface area contributed by atoms with Crippen molar-refractivity contribution in [2.45, 2.75) is 0 Å². The fourth-order valence-corrected chi connectivity index (χ4v) is 6.76. The first-order chi connectivity index (χ1) is 32.3. The minimum Gasteiger partial charge on any atom is -0.309 e. The van der Waals surface area contributed by atoms with Gasteiger partial charge < -0.3 is 4.57 Å². The molecule has 4 nitrogen and oxygen atoms in total. The molecule has 0 N–H and O–H groups in total. The molecule has 0 aliphatic carbocycles. The molecule has 0 radical (unpaired) electrons. The van der Waals surface area contributed by atoms with Crippen LogP contribution in [0.3, 0.4) is 0 Å². The summed E-state index contributed by atoms with van der Waals surface area (Å²) in [5, 5.41) is -0.445. The van der Waals surface area contributed by atoms with Crippen molar-refractivity contribution in [3.05, 3.63) is 206 Å². The normalized spacial score (nSPS) is 14.3. The van der Waals surface area contributed by atoms with E-state index in [4.69, 9.17) is 27.3 Å². The summed E-state index contributed by atoms with van der Waals surface area (Å²) < 4.78 is 108. The first-order valence-corrected chi connectivity index (χ1v) is 17.6. The van der Waals surface area contributed by atoms with Crippen LogP contribution in [0.15, 0.2) is 206 Å². The van der Waals surface area contributed by atoms with E-state index in [2.05, 4.69) is 36.4 Å². The van der Waals surface area contributed by atoms with Crippen LogP contribution in [0.2, 0.25) is 0 Å². The molecule has 258 valence electrons. The van der Waals surface area contributed by atoms with Crippen LogP contribution in [0.5, 0.6) is 0 Å². The number of benzene rings is 8. The Balaban J connectivity index is 1.19. The molecule has 0 atom stereocenters. The second-order valence-electron chi connectivity index (χ2n) is 12.7. The molecule has 4 heteroatoms. The molecule has 0 aliphatic heterocycles. The SMILES string of the molecule is [2H]c1c([2H])c([2H])c(-n2c3c([2H])c([2H])c([2H])c([2H])c3c3c([2H])c([2H])c(-c4ccccc4-c4nc(-c5ccccc5)nc(-c5ccc(-c6ccc(-c7ccccc7)cc6)cc5)n4)c([2H])c32)c([2H])c1[2H]. The van der Waals surface area contributed by atoms with E-state index < -0.39 is 78.2 Å². The number of fused-ring (bicyclic) bond motifs is 3. The fourth-order valence-electron chi connectivity index (χ4n) is 6.76. The van der Waals surface area contributed by atoms with E-state index in [1.165, 1.54) is 0 Å². The third-order valence-electron chi connectivity index (χ3n) is 9.44. The van der Waals surface area contributed by atoms with Crippen molar-refractivity contribution in [3.63, 3.8) is 0 Å². The van der Waals surface area contributed by atoms with E-state index in [1.54, 1.807) is 24.3 Å². The molecular formula is C51H34N4. The van der Waals surface area contributed by atoms with Gasteiger partial charge in [-0.3, -0.25) is 0 Å². The lowest BCUT2D eigenvalue weighted by atomic mass is 9.97. The minimum atomic E-state index is -0.709. The average molecular weight is 715 g/mol. The van der Waals surface area contributed by atoms with Crippen molar-refractivity contribution in [3.8, 4) is 73.2 Å². The largest absolute Gasteiger partial charge is 0.309 e. The van der Waals surface area contributed by atoms with Crippen LogP contribution in [-0.4, -0.2) is 19.5 Å². The zero-order valence-corrected chi connectivity index (χ0v) is 29.0. The zero-order valence-electron chi connectivity index (χ0n) is 41.0. The Morgan fingerprint density at radius 1 is 0.345 bits per heavy atom. The molecule has 8 aromatic carbocycles. The number of hydrogen-bond acceptors (Lipinski definition) is 3. The lowest BCUT2D eigenvalue weighted by Gasteiger charge is -2.13. The van der Waals surface area contributed by atoms with E-state index in [1.807, 2.05) is 72.8 Å². The van der Waals surface area contributed by atoms with Crippen LogP contribution in [0.25, 0.3) is 95.0 Å². The molecule has 0 saturated heterocycles. The van der Waals surface area contributed by atoms with Gasteiger partial charge in [-0.1, -0.05) is 182 Å². The number of hydrogen-bond donors (Lipinski definition) is 0. The maximum Gasteiger partial charge on any atom is 0.164 e. The summed E-state index contributed by atoms with van der Waals surface area (Å²) >= 11 is 0. The summed E-state index contributed by atoms with van der Waals surface area (Å²) in [6.07, 6.45) is 0. The number of nitrogens with zero attached hydrogens (tertiary/aromatic N) is 4. The van der Waals surface area contributed by atoms with Gasteiger partial charge in [0.1, 0.15) is 0 Å². The van der Waals surface area contributed by atoms with Gasteiger partial charge in [-0.25, -0.2) is 15.0 Å². The summed E-state index contributed by atoms with van der Waals surface area (Å²) in [6, 6.07) is 35.0. The Morgan fingerprint density at radius 2 is 0.818 bits per heavy atom. The highest BCUT2D eigenvalue weighted by Crippen LogP contribution is 2.38. The minimum absolute atomic E-state index is 0.106. The molecule has 10 rings (SSSR count). The Hall–Kier alpha value is -7.43. The first-order valence-electron chi connectivity index (χ1n) is 23.6. The number of aromatic nitrogens is 4. The monoisotopic (exact) mass is 714 g/mol. The molecule has 0 amide bonds. The predicted molar refractivity (Wildman–Crippen MR) is 227 cm³/mol. The zero-order chi connectivity index (χ0) is 47.0. The maximum atomic E-state index is 9.89. The molecule has 2 aromatic heterocycles. The van der Waals surface area contributed by atoms with E-state index in [-0.39, 0.29) is 38.8 Å². The lowest BCUT2D eigenvalue weighted by Crippen LogP contribution is -2.01. The van der Waals surface area contributed by atoms with Crippen molar-refractivity contribution in [2.24, 2.45) is 0 Å². The van der Waals surface area contributed by atoms with Crippen LogP contribution in [0.4, 0.5) is 0 Å². The van der Waals surface area contributed by atoms with Gasteiger partial charge in [0, 0.05) is 33.2 Å². The lowest BCUT2D eigenvalue weighted by molar-refractivity contribution is 1.07. The van der Waals surface area contributed by atoms with E-state index in [0.717, 1.165) is 26.8 Å². The molecular weight excluding hydrogens is 669 g/mol. The second-order valence-corrected chi connectivity index (χ2v) is 12.7. The van der Waals surface area contributed by atoms with Gasteiger partial charge in [-0.15, -0.1) is 0 Å². The van der Waals surface area contributed by atoms with Crippen molar-refractivity contribution < 1.29 is 16.4 Å². The molecule has 0 saturated carbocycles. The summed E-state index contributed by atoms with van der Waals surface area (Å²) in [5.41, 5.74) is 5.06. The van der Waals surface area contributed by atoms with Crippen LogP contribution >= 0.6 is 0 Å². The van der Waals surface area contributed by atoms with Crippen LogP contribution in [0, 0.1) is 0 Å². The highest BCUT2D eigenvalue weighted by molar-refractivity contribution is 6.10. The second kappa shape index (κ2) is 13.8. The Kier molecular flexibility index (Phi) is 5.52. The van der Waals surface area contributed by atoms with Crippen molar-refractivity contribution >= 4 is 21.8 Å². The predicted octanol–water partition coefficient (Wildman–Crippen LogP) is 13.0. The van der Waals surface area contributed by atoms with Gasteiger partial charge in [-0.05, 0) is 57.6 Å². The van der Waals surface area contributed by atoms with Crippen LogP contribution in [0.1, 0.15) is 16.4 Å². The number of rotatable bonds is 7. The smallest absolute Gasteiger partial charge is 0.164 e. The molecule has 0 fully saturated rings. The van der Waals surface area contributed by atoms with Gasteiger partial charge in [0.2, 0.25) is 0 Å². The maximum absolute atomic E-state index is 9.89. The van der Waals surface area contributed by atoms with Crippen LogP contribution in [-0.2, 0) is 0 Å². The molecule has 0 spiro atoms. The van der Waals surface area contributed by atoms with Gasteiger partial charge in [0.25, 0.3) is 0 Å². The summed E-state index contributed by atoms with van der Waals surface area (Å²) in [4.78, 5) is 14.8. The Labute approximate surface area is 336 Å². The van der Waals surface area contributed by atoms with E-state index in [9.17, 15) is 4.11 Å². The van der Waals surface area contributed by atoms with Crippen molar-refractivity contribution in [1.29, 1.82) is 0 Å². The van der Waals surface area contributed by atoms with Gasteiger partial charge in [-0.2, -0.15) is 0 Å². The summed E-state index contributed by atoms with van der Waals surface area (Å²) in [7, 11) is 0. The molecule has 0 bridgehead atoms. The van der Waals surface area contributed by atoms with Gasteiger partial charge >= 0.3 is 0 Å². The summed E-state index contributed by atoms with van der Waals surface area (Å²) in [6.45, 7) is 0. The Morgan fingerprint density at radius 3 is 1.47 bits per heavy atom. The topological polar surface area (TPSA) is 43.6 Å². The first kappa shape index (κ1) is 21.9. The van der Waals surface area contributed by atoms with Crippen LogP contribution < -0.4 is 0 Å². The van der Waals surface area contributed by atoms with Crippen molar-refractivity contribution in [2.75, 3.05) is 0 Å². The molecule has 0 unspecified atom stereocenters. The van der Waals surface area contributed by atoms with Gasteiger partial charge in [0.15, 0.2) is 17.5 Å². The van der Waals surface area contributed by atoms with Crippen molar-refractivity contribution in [1.82, 2.24) is 19.5 Å². The summed E-state index contributed by atoms with van der Waals surface area (Å²) in [5.74, 6) is 0.855. The highest BCUT2D eigenvalue weighted by atomic mass is 15.0.